The van der Waals surface area contributed by atoms with E-state index in [1.807, 2.05) is 23.1 Å². The number of carbonyl (C=O) groups is 1. The van der Waals surface area contributed by atoms with E-state index in [0.717, 1.165) is 49.4 Å². The number of anilines is 3. The van der Waals surface area contributed by atoms with E-state index < -0.39 is 11.7 Å². The summed E-state index contributed by atoms with van der Waals surface area (Å²) in [5.74, 6) is -0.144. The van der Waals surface area contributed by atoms with Gasteiger partial charge in [-0.3, -0.25) is 4.79 Å². The van der Waals surface area contributed by atoms with Crippen molar-refractivity contribution in [2.24, 2.45) is 0 Å². The van der Waals surface area contributed by atoms with Gasteiger partial charge in [0, 0.05) is 25.0 Å². The Kier molecular flexibility index (Phi) is 5.19. The van der Waals surface area contributed by atoms with Gasteiger partial charge in [0.25, 0.3) is 0 Å². The summed E-state index contributed by atoms with van der Waals surface area (Å²) < 4.78 is 45.2. The lowest BCUT2D eigenvalue weighted by atomic mass is 9.91. The van der Waals surface area contributed by atoms with E-state index in [4.69, 9.17) is 4.74 Å². The summed E-state index contributed by atoms with van der Waals surface area (Å²) in [4.78, 5) is 22.4. The van der Waals surface area contributed by atoms with E-state index in [-0.39, 0.29) is 42.4 Å². The summed E-state index contributed by atoms with van der Waals surface area (Å²) in [7, 11) is 1.50. The van der Waals surface area contributed by atoms with Crippen molar-refractivity contribution in [3.05, 3.63) is 41.1 Å². The first-order chi connectivity index (χ1) is 15.3. The van der Waals surface area contributed by atoms with E-state index in [1.54, 1.807) is 0 Å². The Balaban J connectivity index is 1.39. The Labute approximate surface area is 183 Å². The normalized spacial score (nSPS) is 21.9. The molecule has 1 aromatic heterocycles. The zero-order valence-corrected chi connectivity index (χ0v) is 17.6. The number of methoxy groups -OCH3 is 1. The Morgan fingerprint density at radius 3 is 2.59 bits per heavy atom. The molecule has 1 saturated heterocycles. The van der Waals surface area contributed by atoms with E-state index >= 15 is 0 Å². The maximum absolute atomic E-state index is 13.4. The molecule has 2 aliphatic heterocycles. The van der Waals surface area contributed by atoms with Crippen LogP contribution in [-0.4, -0.2) is 40.5 Å². The molecule has 3 aliphatic rings. The van der Waals surface area contributed by atoms with E-state index in [2.05, 4.69) is 20.6 Å². The number of nitrogens with zero attached hydrogens (tertiary/aromatic N) is 3. The molecule has 2 fully saturated rings. The molecule has 1 saturated carbocycles. The molecule has 2 aromatic rings. The number of alkyl halides is 3. The standard InChI is InChI=1S/C22H24F3N5O2/c1-32-11-19(31)30-17-7-8-18(30)15-9-13(5-6-14(15)17)28-21-26-10-16(22(23,24)25)20(29-21)27-12-3-2-4-12/h5-6,9-10,12,17-18H,2-4,7-8,11H2,1H3,(H2,26,27,28,29)/t17-,18+/m1/s1. The van der Waals surface area contributed by atoms with E-state index in [0.29, 0.717) is 5.69 Å². The molecule has 10 heteroatoms. The number of rotatable bonds is 6. The van der Waals surface area contributed by atoms with Crippen molar-refractivity contribution in [2.75, 3.05) is 24.4 Å². The number of aromatic nitrogens is 2. The molecule has 2 N–H and O–H groups in total. The van der Waals surface area contributed by atoms with Gasteiger partial charge in [0.1, 0.15) is 18.0 Å². The smallest absolute Gasteiger partial charge is 0.375 e. The number of amides is 1. The molecule has 2 bridgehead atoms. The lowest BCUT2D eigenvalue weighted by molar-refractivity contribution is -0.138. The predicted octanol–water partition coefficient (Wildman–Crippen LogP) is 4.57. The Hall–Kier alpha value is -2.88. The molecule has 32 heavy (non-hydrogen) atoms. The highest BCUT2D eigenvalue weighted by Gasteiger charge is 2.46. The van der Waals surface area contributed by atoms with Gasteiger partial charge in [-0.25, -0.2) is 4.98 Å². The molecule has 0 unspecified atom stereocenters. The SMILES string of the molecule is COCC(=O)N1[C@@H]2CC[C@H]1c1cc(Nc3ncc(C(F)(F)F)c(NC4CCC4)n3)ccc12. The maximum atomic E-state index is 13.4. The Bertz CT molecular complexity index is 1040. The quantitative estimate of drug-likeness (QED) is 0.676. The van der Waals surface area contributed by atoms with Crippen LogP contribution in [0.1, 0.15) is 60.9 Å². The number of carbonyl (C=O) groups excluding carboxylic acids is 1. The third-order valence-corrected chi connectivity index (χ3v) is 6.54. The summed E-state index contributed by atoms with van der Waals surface area (Å²) in [5.41, 5.74) is 1.96. The van der Waals surface area contributed by atoms with Gasteiger partial charge in [-0.05, 0) is 55.4 Å². The topological polar surface area (TPSA) is 79.4 Å². The van der Waals surface area contributed by atoms with Gasteiger partial charge >= 0.3 is 6.18 Å². The highest BCUT2D eigenvalue weighted by atomic mass is 19.4. The largest absolute Gasteiger partial charge is 0.421 e. The zero-order valence-electron chi connectivity index (χ0n) is 17.6. The first-order valence-electron chi connectivity index (χ1n) is 10.8. The Morgan fingerprint density at radius 1 is 1.19 bits per heavy atom. The van der Waals surface area contributed by atoms with Gasteiger partial charge in [0.05, 0.1) is 12.1 Å². The van der Waals surface area contributed by atoms with Crippen molar-refractivity contribution in [3.63, 3.8) is 0 Å². The minimum atomic E-state index is -4.53. The fraction of sp³-hybridized carbons (Fsp3) is 0.500. The molecule has 0 radical (unpaired) electrons. The van der Waals surface area contributed by atoms with Crippen molar-refractivity contribution < 1.29 is 22.7 Å². The van der Waals surface area contributed by atoms with Gasteiger partial charge in [-0.15, -0.1) is 0 Å². The number of benzene rings is 1. The van der Waals surface area contributed by atoms with Gasteiger partial charge in [-0.1, -0.05) is 6.07 Å². The third kappa shape index (κ3) is 3.66. The molecule has 1 aromatic carbocycles. The van der Waals surface area contributed by atoms with Crippen LogP contribution in [0, 0.1) is 0 Å². The van der Waals surface area contributed by atoms with Crippen LogP contribution in [0.15, 0.2) is 24.4 Å². The zero-order chi connectivity index (χ0) is 22.5. The highest BCUT2D eigenvalue weighted by Crippen LogP contribution is 2.53. The third-order valence-electron chi connectivity index (χ3n) is 6.54. The van der Waals surface area contributed by atoms with Crippen molar-refractivity contribution >= 4 is 23.4 Å². The van der Waals surface area contributed by atoms with Gasteiger partial charge < -0.3 is 20.3 Å². The second-order valence-corrected chi connectivity index (χ2v) is 8.54. The molecular formula is C22H24F3N5O2. The van der Waals surface area contributed by atoms with Crippen LogP contribution in [0.5, 0.6) is 0 Å². The van der Waals surface area contributed by atoms with Gasteiger partial charge in [0.15, 0.2) is 0 Å². The average Bonchev–Trinajstić information content (AvgIpc) is 3.27. The first-order valence-corrected chi connectivity index (χ1v) is 10.8. The lowest BCUT2D eigenvalue weighted by Gasteiger charge is -2.28. The summed E-state index contributed by atoms with van der Waals surface area (Å²) >= 11 is 0. The first kappa shape index (κ1) is 21.0. The molecular weight excluding hydrogens is 423 g/mol. The summed E-state index contributed by atoms with van der Waals surface area (Å²) in [6.07, 6.45) is 0.731. The molecule has 3 heterocycles. The fourth-order valence-electron chi connectivity index (χ4n) is 4.85. The summed E-state index contributed by atoms with van der Waals surface area (Å²) in [6.45, 7) is 0.0439. The van der Waals surface area contributed by atoms with Crippen LogP contribution in [-0.2, 0) is 15.7 Å². The van der Waals surface area contributed by atoms with Crippen LogP contribution in [0.4, 0.5) is 30.6 Å². The molecule has 170 valence electrons. The molecule has 2 atom stereocenters. The molecule has 7 nitrogen and oxygen atoms in total. The maximum Gasteiger partial charge on any atom is 0.421 e. The summed E-state index contributed by atoms with van der Waals surface area (Å²) in [5, 5.41) is 5.94. The second-order valence-electron chi connectivity index (χ2n) is 8.54. The fourth-order valence-corrected chi connectivity index (χ4v) is 4.85. The molecule has 0 spiro atoms. The van der Waals surface area contributed by atoms with Crippen molar-refractivity contribution in [1.82, 2.24) is 14.9 Å². The number of halogens is 3. The molecule has 1 amide bonds. The van der Waals surface area contributed by atoms with Gasteiger partial charge in [-0.2, -0.15) is 18.2 Å². The number of fused-ring (bicyclic) bond motifs is 5. The molecule has 1 aliphatic carbocycles. The lowest BCUT2D eigenvalue weighted by Crippen LogP contribution is -2.30. The summed E-state index contributed by atoms with van der Waals surface area (Å²) in [6, 6.07) is 5.79. The van der Waals surface area contributed by atoms with Crippen LogP contribution in [0.3, 0.4) is 0 Å². The number of ether oxygens (including phenoxy) is 1. The van der Waals surface area contributed by atoms with Crippen LogP contribution in [0.2, 0.25) is 0 Å². The second kappa shape index (κ2) is 7.91. The van der Waals surface area contributed by atoms with Crippen molar-refractivity contribution in [1.29, 1.82) is 0 Å². The van der Waals surface area contributed by atoms with Crippen molar-refractivity contribution in [3.8, 4) is 0 Å². The van der Waals surface area contributed by atoms with Crippen molar-refractivity contribution in [2.45, 2.75) is 56.4 Å². The minimum Gasteiger partial charge on any atom is -0.375 e. The van der Waals surface area contributed by atoms with Crippen LogP contribution < -0.4 is 10.6 Å². The minimum absolute atomic E-state index is 0.00464. The van der Waals surface area contributed by atoms with E-state index in [9.17, 15) is 18.0 Å². The number of nitrogens with one attached hydrogen (secondary N) is 2. The predicted molar refractivity (Wildman–Crippen MR) is 111 cm³/mol. The average molecular weight is 447 g/mol. The monoisotopic (exact) mass is 447 g/mol. The molecule has 5 rings (SSSR count). The number of hydrogen-bond donors (Lipinski definition) is 2. The van der Waals surface area contributed by atoms with Crippen LogP contribution in [0.25, 0.3) is 0 Å². The highest BCUT2D eigenvalue weighted by molar-refractivity contribution is 5.80. The van der Waals surface area contributed by atoms with E-state index in [1.165, 1.54) is 7.11 Å². The Morgan fingerprint density at radius 2 is 1.94 bits per heavy atom. The number of hydrogen-bond acceptors (Lipinski definition) is 6. The van der Waals surface area contributed by atoms with Crippen LogP contribution >= 0.6 is 0 Å². The van der Waals surface area contributed by atoms with Gasteiger partial charge in [0.2, 0.25) is 11.9 Å².